The zero-order valence-corrected chi connectivity index (χ0v) is 23.0. The quantitative estimate of drug-likeness (QED) is 0.146. The molecule has 4 aromatic carbocycles. The Morgan fingerprint density at radius 2 is 1.54 bits per heavy atom. The summed E-state index contributed by atoms with van der Waals surface area (Å²) >= 11 is 0. The van der Waals surface area contributed by atoms with Crippen molar-refractivity contribution in [3.05, 3.63) is 169 Å². The average Bonchev–Trinajstić information content (AvgIpc) is 3.76. The monoisotopic (exact) mass is 553 g/mol. The summed E-state index contributed by atoms with van der Waals surface area (Å²) < 4.78 is 6.30. The van der Waals surface area contributed by atoms with Crippen LogP contribution in [0.4, 0.5) is 0 Å². The number of nitrogens with zero attached hydrogens (tertiary/aromatic N) is 3. The van der Waals surface area contributed by atoms with Crippen molar-refractivity contribution in [1.29, 1.82) is 0 Å². The number of allylic oxidation sites excluding steroid dienone is 2. The maximum absolute atomic E-state index is 6.30. The summed E-state index contributed by atoms with van der Waals surface area (Å²) in [7, 11) is 0. The minimum atomic E-state index is -0.161. The second kappa shape index (κ2) is 14.4. The van der Waals surface area contributed by atoms with E-state index in [9.17, 15) is 0 Å². The van der Waals surface area contributed by atoms with Crippen molar-refractivity contribution in [2.24, 2.45) is 0 Å². The second-order valence-electron chi connectivity index (χ2n) is 9.27. The molecule has 196 valence electrons. The molecule has 0 saturated carbocycles. The summed E-state index contributed by atoms with van der Waals surface area (Å²) in [6.07, 6.45) is 10.0. The zero-order valence-electron chi connectivity index (χ0n) is 21.9. The summed E-state index contributed by atoms with van der Waals surface area (Å²) in [4.78, 5) is 2.40. The molecule has 0 N–H and O–H groups in total. The molecule has 0 aliphatic heterocycles. The van der Waals surface area contributed by atoms with Gasteiger partial charge in [-0.25, -0.2) is 30.7 Å². The Morgan fingerprint density at radius 1 is 0.821 bits per heavy atom. The van der Waals surface area contributed by atoms with Crippen LogP contribution in [0.15, 0.2) is 126 Å². The zero-order chi connectivity index (χ0) is 26.0. The molecule has 39 heavy (non-hydrogen) atoms. The van der Waals surface area contributed by atoms with Crippen molar-refractivity contribution in [2.75, 3.05) is 0 Å². The molecule has 1 unspecified atom stereocenters. The van der Waals surface area contributed by atoms with E-state index in [0.717, 1.165) is 29.8 Å². The van der Waals surface area contributed by atoms with E-state index in [1.807, 2.05) is 55.7 Å². The van der Waals surface area contributed by atoms with E-state index >= 15 is 0 Å². The van der Waals surface area contributed by atoms with E-state index < -0.39 is 0 Å². The van der Waals surface area contributed by atoms with Crippen LogP contribution in [0.2, 0.25) is 0 Å². The first-order valence-electron chi connectivity index (χ1n) is 12.9. The molecule has 0 fully saturated rings. The Bertz CT molecular complexity index is 1360. The molecule has 0 spiro atoms. The Labute approximate surface area is 242 Å². The van der Waals surface area contributed by atoms with Gasteiger partial charge >= 0.3 is 17.1 Å². The second-order valence-corrected chi connectivity index (χ2v) is 9.27. The molecular weight excluding hydrogens is 522 g/mol. The maximum Gasteiger partial charge on any atom is 2.00 e. The number of hydrogen-bond acceptors (Lipinski definition) is 4. The maximum atomic E-state index is 6.30. The Morgan fingerprint density at radius 3 is 2.08 bits per heavy atom. The number of benzene rings is 3. The van der Waals surface area contributed by atoms with Crippen LogP contribution in [-0.4, -0.2) is 15.1 Å². The number of aryl methyl sites for hydroxylation is 1. The topological polar surface area (TPSA) is 42.2 Å². The molecule has 5 heteroatoms. The number of aromatic nitrogens is 2. The molecule has 1 heterocycles. The van der Waals surface area contributed by atoms with E-state index in [0.29, 0.717) is 11.8 Å². The van der Waals surface area contributed by atoms with Gasteiger partial charge in [0.1, 0.15) is 0 Å². The van der Waals surface area contributed by atoms with E-state index in [2.05, 4.69) is 107 Å². The predicted octanol–water partition coefficient (Wildman–Crippen LogP) is 7.72. The molecule has 1 atom stereocenters. The van der Waals surface area contributed by atoms with E-state index in [1.54, 1.807) is 0 Å². The van der Waals surface area contributed by atoms with Crippen LogP contribution < -0.4 is 0 Å². The summed E-state index contributed by atoms with van der Waals surface area (Å²) in [6, 6.07) is 37.4. The third-order valence-corrected chi connectivity index (χ3v) is 6.32. The average molecular weight is 553 g/mol. The normalized spacial score (nSPS) is 12.8. The number of rotatable bonds is 8. The summed E-state index contributed by atoms with van der Waals surface area (Å²) in [5.41, 5.74) is 5.72. The Balaban J connectivity index is 0.000000530. The standard InChI is InChI=1S/C29H26N3O.C5H5.Fe/c1-22-11-10-18-26(19-22)28-30-31-29(33-28)27(25-16-8-9-17-25)32(20-23-12-4-2-5-13-23)21-24-14-6-3-7-15-24;1-2-4-5-3-1;/h2-19,27H,20-21H2,1H3;1-5H;/q2*-1;+2. The first kappa shape index (κ1) is 28.3. The minimum absolute atomic E-state index is 0. The van der Waals surface area contributed by atoms with Gasteiger partial charge in [0.05, 0.1) is 6.04 Å². The van der Waals surface area contributed by atoms with Gasteiger partial charge in [0.2, 0.25) is 11.8 Å². The first-order chi connectivity index (χ1) is 18.8. The molecule has 0 saturated heterocycles. The largest absolute Gasteiger partial charge is 2.00 e. The van der Waals surface area contributed by atoms with Crippen LogP contribution in [-0.2, 0) is 30.2 Å². The molecule has 1 aliphatic rings. The minimum Gasteiger partial charge on any atom is -0.419 e. The molecule has 1 aliphatic carbocycles. The van der Waals surface area contributed by atoms with Crippen molar-refractivity contribution in [1.82, 2.24) is 15.1 Å². The van der Waals surface area contributed by atoms with Crippen LogP contribution in [0.25, 0.3) is 11.5 Å². The Hall–Kier alpha value is -3.76. The summed E-state index contributed by atoms with van der Waals surface area (Å²) in [5, 5.41) is 8.94. The van der Waals surface area contributed by atoms with Gasteiger partial charge in [0, 0.05) is 18.7 Å². The van der Waals surface area contributed by atoms with Crippen molar-refractivity contribution >= 4 is 0 Å². The van der Waals surface area contributed by atoms with Gasteiger partial charge in [0.25, 0.3) is 0 Å². The van der Waals surface area contributed by atoms with E-state index in [4.69, 9.17) is 4.42 Å². The van der Waals surface area contributed by atoms with Gasteiger partial charge < -0.3 is 4.42 Å². The van der Waals surface area contributed by atoms with Gasteiger partial charge in [-0.3, -0.25) is 4.90 Å². The first-order valence-corrected chi connectivity index (χ1v) is 12.9. The van der Waals surface area contributed by atoms with Gasteiger partial charge in [-0.2, -0.15) is 12.1 Å². The van der Waals surface area contributed by atoms with Gasteiger partial charge in [0.15, 0.2) is 0 Å². The molecule has 0 bridgehead atoms. The van der Waals surface area contributed by atoms with Crippen LogP contribution in [0.3, 0.4) is 0 Å². The fourth-order valence-electron chi connectivity index (χ4n) is 4.52. The van der Waals surface area contributed by atoms with Crippen LogP contribution in [0.1, 0.15) is 34.2 Å². The predicted molar refractivity (Wildman–Crippen MR) is 153 cm³/mol. The molecule has 5 aromatic rings. The van der Waals surface area contributed by atoms with E-state index in [1.165, 1.54) is 11.1 Å². The van der Waals surface area contributed by atoms with Crippen LogP contribution in [0.5, 0.6) is 0 Å². The van der Waals surface area contributed by atoms with E-state index in [-0.39, 0.29) is 23.1 Å². The molecule has 1 aromatic heterocycles. The molecule has 6 rings (SSSR count). The summed E-state index contributed by atoms with van der Waals surface area (Å²) in [6.45, 7) is 3.58. The Kier molecular flexibility index (Phi) is 10.4. The van der Waals surface area contributed by atoms with Gasteiger partial charge in [-0.15, -0.1) is 28.6 Å². The van der Waals surface area contributed by atoms with Crippen molar-refractivity contribution in [3.63, 3.8) is 0 Å². The van der Waals surface area contributed by atoms with Crippen LogP contribution in [0, 0.1) is 26.2 Å². The fraction of sp³-hybridized carbons (Fsp3) is 0.118. The molecular formula is C34H31FeN3O. The number of hydrogen-bond donors (Lipinski definition) is 0. The molecule has 0 amide bonds. The molecule has 2 radical (unpaired) electrons. The third kappa shape index (κ3) is 7.87. The van der Waals surface area contributed by atoms with Crippen LogP contribution >= 0.6 is 0 Å². The smallest absolute Gasteiger partial charge is 0.419 e. The van der Waals surface area contributed by atoms with Crippen molar-refractivity contribution < 1.29 is 21.5 Å². The fourth-order valence-corrected chi connectivity index (χ4v) is 4.52. The third-order valence-electron chi connectivity index (χ3n) is 6.32. The SMILES string of the molecule is Cc1cccc(-c2nnc(C(c3ccc[cH-]3)N(Cc3ccccc3)Cc3ccccc3)o2)c1.[CH]1[CH][CH-]C=C1.[Fe+2]. The molecule has 4 nitrogen and oxygen atoms in total. The van der Waals surface area contributed by atoms with Crippen molar-refractivity contribution in [2.45, 2.75) is 26.1 Å². The van der Waals surface area contributed by atoms with Crippen molar-refractivity contribution in [3.8, 4) is 11.5 Å². The van der Waals surface area contributed by atoms with Gasteiger partial charge in [-0.05, 0) is 30.2 Å². The van der Waals surface area contributed by atoms with Gasteiger partial charge in [-0.1, -0.05) is 78.4 Å². The summed E-state index contributed by atoms with van der Waals surface area (Å²) in [5.74, 6) is 1.15.